The topological polar surface area (TPSA) is 146 Å². The van der Waals surface area contributed by atoms with Crippen molar-refractivity contribution in [3.8, 4) is 0 Å². The van der Waals surface area contributed by atoms with Gasteiger partial charge in [0.1, 0.15) is 16.9 Å². The van der Waals surface area contributed by atoms with Crippen molar-refractivity contribution in [2.75, 3.05) is 42.1 Å². The summed E-state index contributed by atoms with van der Waals surface area (Å²) in [6.07, 6.45) is 6.49. The van der Waals surface area contributed by atoms with E-state index in [9.17, 15) is 23.1 Å². The van der Waals surface area contributed by atoms with Crippen molar-refractivity contribution in [1.29, 1.82) is 0 Å². The Morgan fingerprint density at radius 1 is 1.17 bits per heavy atom. The second-order valence-corrected chi connectivity index (χ2v) is 9.45. The molecule has 4 N–H and O–H groups in total. The normalized spacial score (nSPS) is 20.2. The Hall–Kier alpha value is -2.40. The third-order valence-corrected chi connectivity index (χ3v) is 6.32. The number of nitrogens with one attached hydrogen (secondary N) is 1. The number of nitrogens with zero attached hydrogens (tertiary/aromatic N) is 3. The first-order valence-electron chi connectivity index (χ1n) is 9.63. The van der Waals surface area contributed by atoms with Gasteiger partial charge in [0.15, 0.2) is 0 Å². The molecule has 2 saturated heterocycles. The molecule has 1 aromatic rings. The maximum atomic E-state index is 12.4. The Morgan fingerprint density at radius 2 is 1.79 bits per heavy atom. The lowest BCUT2D eigenvalue weighted by Crippen LogP contribution is -2.63. The molecule has 2 aliphatic rings. The highest BCUT2D eigenvalue weighted by Gasteiger charge is 2.45. The van der Waals surface area contributed by atoms with E-state index >= 15 is 0 Å². The van der Waals surface area contributed by atoms with Crippen molar-refractivity contribution in [2.24, 2.45) is 5.73 Å². The van der Waals surface area contributed by atoms with Crippen molar-refractivity contribution >= 4 is 33.4 Å². The van der Waals surface area contributed by atoms with Gasteiger partial charge in [-0.1, -0.05) is 6.42 Å². The second-order valence-electron chi connectivity index (χ2n) is 7.71. The van der Waals surface area contributed by atoms with Gasteiger partial charge in [-0.25, -0.2) is 18.2 Å². The molecule has 3 rings (SSSR count). The largest absolute Gasteiger partial charge is 0.478 e. The van der Waals surface area contributed by atoms with E-state index in [0.717, 1.165) is 38.6 Å². The Morgan fingerprint density at radius 3 is 2.31 bits per heavy atom. The van der Waals surface area contributed by atoms with Crippen LogP contribution in [0.4, 0.5) is 11.5 Å². The standard InChI is InChI=1S/C18H27N5O5S/c1-29(27,28)21-13-11-14(16(24)25)15(20-12-13)22-9-5-18(6-10-22,17(19)26)23-7-3-2-4-8-23/h11-12,21H,2-10H2,1H3,(H2,19,26)(H,24,25). The van der Waals surface area contributed by atoms with E-state index in [1.54, 1.807) is 0 Å². The molecule has 11 heteroatoms. The van der Waals surface area contributed by atoms with E-state index in [-0.39, 0.29) is 23.0 Å². The number of anilines is 2. The summed E-state index contributed by atoms with van der Waals surface area (Å²) < 4.78 is 25.1. The minimum atomic E-state index is -3.55. The Balaban J connectivity index is 1.82. The summed E-state index contributed by atoms with van der Waals surface area (Å²) in [5.41, 5.74) is 5.08. The molecule has 0 bridgehead atoms. The third-order valence-electron chi connectivity index (χ3n) is 5.71. The van der Waals surface area contributed by atoms with Crippen molar-refractivity contribution in [1.82, 2.24) is 9.88 Å². The summed E-state index contributed by atoms with van der Waals surface area (Å²) >= 11 is 0. The lowest BCUT2D eigenvalue weighted by atomic mass is 9.83. The number of rotatable bonds is 6. The van der Waals surface area contributed by atoms with Crippen LogP contribution in [0.5, 0.6) is 0 Å². The molecule has 0 saturated carbocycles. The number of hydrogen-bond donors (Lipinski definition) is 3. The van der Waals surface area contributed by atoms with E-state index in [1.807, 2.05) is 4.90 Å². The fourth-order valence-corrected chi connectivity index (χ4v) is 4.81. The van der Waals surface area contributed by atoms with E-state index < -0.39 is 21.5 Å². The fraction of sp³-hybridized carbons (Fsp3) is 0.611. The van der Waals surface area contributed by atoms with Crippen LogP contribution >= 0.6 is 0 Å². The highest BCUT2D eigenvalue weighted by atomic mass is 32.2. The van der Waals surface area contributed by atoms with Gasteiger partial charge in [0.25, 0.3) is 0 Å². The summed E-state index contributed by atoms with van der Waals surface area (Å²) in [6, 6.07) is 1.26. The number of sulfonamides is 1. The fourth-order valence-electron chi connectivity index (χ4n) is 4.27. The highest BCUT2D eigenvalue weighted by molar-refractivity contribution is 7.92. The molecule has 1 amide bonds. The molecule has 3 heterocycles. The minimum absolute atomic E-state index is 0.0884. The number of nitrogens with two attached hydrogens (primary N) is 1. The summed E-state index contributed by atoms with van der Waals surface area (Å²) in [7, 11) is -3.55. The van der Waals surface area contributed by atoms with Crippen molar-refractivity contribution in [2.45, 2.75) is 37.6 Å². The van der Waals surface area contributed by atoms with E-state index in [0.29, 0.717) is 25.9 Å². The Bertz CT molecular complexity index is 890. The van der Waals surface area contributed by atoms with Crippen molar-refractivity contribution in [3.63, 3.8) is 0 Å². The van der Waals surface area contributed by atoms with Crippen LogP contribution in [-0.4, -0.2) is 73.3 Å². The zero-order valence-corrected chi connectivity index (χ0v) is 17.2. The van der Waals surface area contributed by atoms with Gasteiger partial charge in [0.05, 0.1) is 18.1 Å². The molecule has 0 atom stereocenters. The number of carboxylic acids is 1. The van der Waals surface area contributed by atoms with Gasteiger partial charge in [-0.15, -0.1) is 0 Å². The van der Waals surface area contributed by atoms with Gasteiger partial charge >= 0.3 is 5.97 Å². The molecule has 0 spiro atoms. The SMILES string of the molecule is CS(=O)(=O)Nc1cnc(N2CCC(C(N)=O)(N3CCCCC3)CC2)c(C(=O)O)c1. The summed E-state index contributed by atoms with van der Waals surface area (Å²) in [5.74, 6) is -1.28. The zero-order valence-electron chi connectivity index (χ0n) is 16.4. The Labute approximate surface area is 170 Å². The number of pyridine rings is 1. The van der Waals surface area contributed by atoms with Crippen LogP contribution < -0.4 is 15.4 Å². The molecule has 10 nitrogen and oxygen atoms in total. The van der Waals surface area contributed by atoms with Gasteiger partial charge in [0, 0.05) is 13.1 Å². The van der Waals surface area contributed by atoms with E-state index in [1.165, 1.54) is 12.3 Å². The molecule has 2 aliphatic heterocycles. The number of aromatic carboxylic acids is 1. The van der Waals surface area contributed by atoms with Crippen LogP contribution in [0.1, 0.15) is 42.5 Å². The van der Waals surface area contributed by atoms with E-state index in [2.05, 4.69) is 14.6 Å². The number of carbonyl (C=O) groups is 2. The lowest BCUT2D eigenvalue weighted by Gasteiger charge is -2.48. The average Bonchev–Trinajstić information content (AvgIpc) is 2.67. The molecular weight excluding hydrogens is 398 g/mol. The zero-order chi connectivity index (χ0) is 21.2. The molecule has 0 unspecified atom stereocenters. The molecule has 29 heavy (non-hydrogen) atoms. The van der Waals surface area contributed by atoms with Gasteiger partial charge in [0.2, 0.25) is 15.9 Å². The monoisotopic (exact) mass is 425 g/mol. The quantitative estimate of drug-likeness (QED) is 0.596. The number of carbonyl (C=O) groups excluding carboxylic acids is 1. The van der Waals surface area contributed by atoms with Gasteiger partial charge < -0.3 is 15.7 Å². The smallest absolute Gasteiger partial charge is 0.339 e. The molecule has 0 radical (unpaired) electrons. The summed E-state index contributed by atoms with van der Waals surface area (Å²) in [4.78, 5) is 32.3. The number of amides is 1. The van der Waals surface area contributed by atoms with Crippen molar-refractivity contribution in [3.05, 3.63) is 17.8 Å². The number of hydrogen-bond acceptors (Lipinski definition) is 7. The number of piperidine rings is 2. The highest BCUT2D eigenvalue weighted by Crippen LogP contribution is 2.34. The molecular formula is C18H27N5O5S. The predicted molar refractivity (Wildman–Crippen MR) is 108 cm³/mol. The minimum Gasteiger partial charge on any atom is -0.478 e. The maximum absolute atomic E-state index is 12.4. The first kappa shape index (κ1) is 21.3. The Kier molecular flexibility index (Phi) is 5.99. The summed E-state index contributed by atoms with van der Waals surface area (Å²) in [5, 5.41) is 9.59. The van der Waals surface area contributed by atoms with Gasteiger partial charge in [-0.05, 0) is 44.8 Å². The van der Waals surface area contributed by atoms with Crippen LogP contribution in [0.3, 0.4) is 0 Å². The van der Waals surface area contributed by atoms with Crippen LogP contribution in [0.15, 0.2) is 12.3 Å². The molecule has 1 aromatic heterocycles. The summed E-state index contributed by atoms with van der Waals surface area (Å²) in [6.45, 7) is 2.55. The maximum Gasteiger partial charge on any atom is 0.339 e. The first-order valence-corrected chi connectivity index (χ1v) is 11.5. The number of primary amides is 1. The lowest BCUT2D eigenvalue weighted by molar-refractivity contribution is -0.132. The van der Waals surface area contributed by atoms with Crippen LogP contribution in [0.25, 0.3) is 0 Å². The number of carboxylic acid groups (broad SMARTS) is 1. The third kappa shape index (κ3) is 4.61. The van der Waals surface area contributed by atoms with Crippen LogP contribution in [-0.2, 0) is 14.8 Å². The van der Waals surface area contributed by atoms with Gasteiger partial charge in [-0.3, -0.25) is 14.4 Å². The predicted octanol–water partition coefficient (Wildman–Crippen LogP) is 0.462. The molecule has 0 aliphatic carbocycles. The molecule has 2 fully saturated rings. The average molecular weight is 426 g/mol. The molecule has 0 aromatic carbocycles. The van der Waals surface area contributed by atoms with Gasteiger partial charge in [-0.2, -0.15) is 0 Å². The first-order chi connectivity index (χ1) is 13.6. The molecule has 160 valence electrons. The van der Waals surface area contributed by atoms with Crippen molar-refractivity contribution < 1.29 is 23.1 Å². The van der Waals surface area contributed by atoms with Crippen LogP contribution in [0.2, 0.25) is 0 Å². The second kappa shape index (κ2) is 8.15. The number of likely N-dealkylation sites (tertiary alicyclic amines) is 1. The van der Waals surface area contributed by atoms with Crippen LogP contribution in [0, 0.1) is 0 Å². The van der Waals surface area contributed by atoms with E-state index in [4.69, 9.17) is 5.73 Å². The number of aromatic nitrogens is 1.